The first-order chi connectivity index (χ1) is 8.68. The highest BCUT2D eigenvalue weighted by Gasteiger charge is 2.52. The van der Waals surface area contributed by atoms with E-state index in [0.717, 1.165) is 0 Å². The minimum absolute atomic E-state index is 0.493. The van der Waals surface area contributed by atoms with Crippen molar-refractivity contribution in [1.29, 1.82) is 0 Å². The van der Waals surface area contributed by atoms with E-state index in [1.807, 2.05) is 34.6 Å². The molecule has 2 nitrogen and oxygen atoms in total. The van der Waals surface area contributed by atoms with Crippen molar-refractivity contribution in [1.82, 2.24) is 0 Å². The normalized spacial score (nSPS) is 20.9. The second-order valence-electron chi connectivity index (χ2n) is 5.91. The second kappa shape index (κ2) is 4.56. The van der Waals surface area contributed by atoms with E-state index in [2.05, 4.69) is 0 Å². The third kappa shape index (κ3) is 2.41. The van der Waals surface area contributed by atoms with Gasteiger partial charge in [-0.1, -0.05) is 6.92 Å². The van der Waals surface area contributed by atoms with Crippen molar-refractivity contribution in [2.45, 2.75) is 52.2 Å². The van der Waals surface area contributed by atoms with Crippen molar-refractivity contribution in [3.63, 3.8) is 0 Å². The van der Waals surface area contributed by atoms with Crippen LogP contribution in [-0.4, -0.2) is 18.3 Å². The predicted molar refractivity (Wildman–Crippen MR) is 71.5 cm³/mol. The fraction of sp³-hybridized carbons (Fsp3) is 0.571. The van der Waals surface area contributed by atoms with E-state index in [-0.39, 0.29) is 0 Å². The molecule has 19 heavy (non-hydrogen) atoms. The zero-order valence-electron chi connectivity index (χ0n) is 12.0. The van der Waals surface area contributed by atoms with Gasteiger partial charge in [-0.15, -0.1) is 0 Å². The van der Waals surface area contributed by atoms with E-state index >= 15 is 0 Å². The summed E-state index contributed by atoms with van der Waals surface area (Å²) in [5.41, 5.74) is 0.290. The lowest BCUT2D eigenvalue weighted by Crippen LogP contribution is -2.41. The lowest BCUT2D eigenvalue weighted by Gasteiger charge is -2.32. The topological polar surface area (TPSA) is 18.5 Å². The summed E-state index contributed by atoms with van der Waals surface area (Å²) in [6.45, 7) is 9.61. The van der Waals surface area contributed by atoms with Crippen molar-refractivity contribution in [3.05, 3.63) is 29.3 Å². The van der Waals surface area contributed by atoms with Crippen molar-refractivity contribution < 1.29 is 18.1 Å². The Labute approximate surface area is 113 Å². The van der Waals surface area contributed by atoms with Crippen LogP contribution in [0, 0.1) is 11.6 Å². The summed E-state index contributed by atoms with van der Waals surface area (Å²) in [5.74, 6) is -1.71. The Balaban J connectivity index is 2.42. The van der Waals surface area contributed by atoms with E-state index < -0.39 is 30.0 Å². The quantitative estimate of drug-likeness (QED) is 0.768. The molecule has 1 aromatic rings. The van der Waals surface area contributed by atoms with Crippen LogP contribution >= 0.6 is 0 Å². The Morgan fingerprint density at radius 1 is 1.00 bits per heavy atom. The van der Waals surface area contributed by atoms with Gasteiger partial charge in [0.05, 0.1) is 11.2 Å². The number of aryl methyl sites for hydroxylation is 1. The number of benzene rings is 1. The highest BCUT2D eigenvalue weighted by Crippen LogP contribution is 2.36. The third-order valence-electron chi connectivity index (χ3n) is 4.07. The molecule has 5 heteroatoms. The predicted octanol–water partition coefficient (Wildman–Crippen LogP) is 2.83. The van der Waals surface area contributed by atoms with E-state index in [1.54, 1.807) is 0 Å². The fourth-order valence-corrected chi connectivity index (χ4v) is 2.10. The summed E-state index contributed by atoms with van der Waals surface area (Å²) in [6.07, 6.45) is 0.594. The molecule has 1 heterocycles. The van der Waals surface area contributed by atoms with Crippen molar-refractivity contribution in [2.75, 3.05) is 0 Å². The van der Waals surface area contributed by atoms with Crippen molar-refractivity contribution in [2.24, 2.45) is 0 Å². The van der Waals surface area contributed by atoms with Gasteiger partial charge in [0, 0.05) is 0 Å². The van der Waals surface area contributed by atoms with Gasteiger partial charge in [-0.05, 0) is 57.3 Å². The molecule has 1 fully saturated rings. The highest BCUT2D eigenvalue weighted by molar-refractivity contribution is 6.62. The molecule has 1 aliphatic rings. The van der Waals surface area contributed by atoms with Crippen LogP contribution in [0.2, 0.25) is 0 Å². The van der Waals surface area contributed by atoms with Crippen molar-refractivity contribution >= 4 is 12.6 Å². The molecule has 2 rings (SSSR count). The molecule has 0 spiro atoms. The molecule has 0 unspecified atom stereocenters. The summed E-state index contributed by atoms with van der Waals surface area (Å²) in [6, 6.07) is 2.39. The molecule has 0 amide bonds. The molecule has 0 radical (unpaired) electrons. The Hall–Kier alpha value is -0.935. The molecule has 0 bridgehead atoms. The Kier molecular flexibility index (Phi) is 3.48. The zero-order chi connectivity index (χ0) is 14.4. The molecule has 0 aliphatic carbocycles. The minimum atomic E-state index is -0.873. The molecule has 0 N–H and O–H groups in total. The lowest BCUT2D eigenvalue weighted by molar-refractivity contribution is 0.00578. The first-order valence-corrected chi connectivity index (χ1v) is 6.51. The van der Waals surface area contributed by atoms with Gasteiger partial charge in [0.15, 0.2) is 11.6 Å². The molecule has 1 saturated heterocycles. The number of rotatable bonds is 2. The van der Waals surface area contributed by atoms with Crippen LogP contribution in [0.5, 0.6) is 0 Å². The highest BCUT2D eigenvalue weighted by atomic mass is 19.2. The first-order valence-electron chi connectivity index (χ1n) is 6.51. The van der Waals surface area contributed by atoms with E-state index in [1.165, 1.54) is 12.1 Å². The summed E-state index contributed by atoms with van der Waals surface area (Å²) < 4.78 is 38.5. The molecular formula is C14H19BF2O2. The minimum Gasteiger partial charge on any atom is -0.399 e. The van der Waals surface area contributed by atoms with Crippen LogP contribution in [0.25, 0.3) is 0 Å². The Morgan fingerprint density at radius 2 is 1.47 bits per heavy atom. The molecule has 1 aromatic carbocycles. The maximum atomic E-state index is 13.4. The Morgan fingerprint density at radius 3 is 1.95 bits per heavy atom. The number of halogens is 2. The van der Waals surface area contributed by atoms with Crippen molar-refractivity contribution in [3.8, 4) is 0 Å². The van der Waals surface area contributed by atoms with Gasteiger partial charge in [0.25, 0.3) is 0 Å². The zero-order valence-corrected chi connectivity index (χ0v) is 12.0. The standard InChI is InChI=1S/C14H19BF2O2/c1-6-9-7-11(16)12(17)8-10(9)15-18-13(2,3)14(4,5)19-15/h7-8H,6H2,1-5H3. The monoisotopic (exact) mass is 268 g/mol. The average molecular weight is 268 g/mol. The summed E-state index contributed by atoms with van der Waals surface area (Å²) in [4.78, 5) is 0. The summed E-state index contributed by atoms with van der Waals surface area (Å²) >= 11 is 0. The van der Waals surface area contributed by atoms with Gasteiger partial charge in [-0.3, -0.25) is 0 Å². The molecule has 1 aliphatic heterocycles. The van der Waals surface area contributed by atoms with Crippen LogP contribution in [0.15, 0.2) is 12.1 Å². The van der Waals surface area contributed by atoms with Crippen LogP contribution in [0.4, 0.5) is 8.78 Å². The molecule has 0 atom stereocenters. The van der Waals surface area contributed by atoms with Gasteiger partial charge in [0.1, 0.15) is 0 Å². The number of hydrogen-bond acceptors (Lipinski definition) is 2. The molecular weight excluding hydrogens is 249 g/mol. The lowest BCUT2D eigenvalue weighted by atomic mass is 9.75. The van der Waals surface area contributed by atoms with Gasteiger partial charge in [-0.2, -0.15) is 0 Å². The van der Waals surface area contributed by atoms with E-state index in [4.69, 9.17) is 9.31 Å². The van der Waals surface area contributed by atoms with Crippen LogP contribution in [0.3, 0.4) is 0 Å². The van der Waals surface area contributed by atoms with E-state index in [0.29, 0.717) is 17.4 Å². The van der Waals surface area contributed by atoms with Gasteiger partial charge in [0.2, 0.25) is 0 Å². The summed E-state index contributed by atoms with van der Waals surface area (Å²) in [5, 5.41) is 0. The average Bonchev–Trinajstić information content (AvgIpc) is 2.51. The summed E-state index contributed by atoms with van der Waals surface area (Å²) in [7, 11) is -0.657. The van der Waals surface area contributed by atoms with Crippen LogP contribution in [0.1, 0.15) is 40.2 Å². The largest absolute Gasteiger partial charge is 0.495 e. The number of hydrogen-bond donors (Lipinski definition) is 0. The van der Waals surface area contributed by atoms with Gasteiger partial charge < -0.3 is 9.31 Å². The van der Waals surface area contributed by atoms with E-state index in [9.17, 15) is 8.78 Å². The molecule has 0 aromatic heterocycles. The molecule has 104 valence electrons. The van der Waals surface area contributed by atoms with Crippen LogP contribution in [-0.2, 0) is 15.7 Å². The molecule has 0 saturated carbocycles. The smallest absolute Gasteiger partial charge is 0.399 e. The maximum absolute atomic E-state index is 13.4. The van der Waals surface area contributed by atoms with Gasteiger partial charge in [-0.25, -0.2) is 8.78 Å². The first kappa shape index (κ1) is 14.5. The fourth-order valence-electron chi connectivity index (χ4n) is 2.10. The Bertz CT molecular complexity index is 484. The van der Waals surface area contributed by atoms with Crippen LogP contribution < -0.4 is 5.46 Å². The third-order valence-corrected chi connectivity index (χ3v) is 4.07. The maximum Gasteiger partial charge on any atom is 0.495 e. The van der Waals surface area contributed by atoms with Gasteiger partial charge >= 0.3 is 7.12 Å². The SMILES string of the molecule is CCc1cc(F)c(F)cc1B1OC(C)(C)C(C)(C)O1. The second-order valence-corrected chi connectivity index (χ2v) is 5.91.